The number of halogens is 2. The van der Waals surface area contributed by atoms with Gasteiger partial charge in [-0.25, -0.2) is 13.6 Å². The fourth-order valence-corrected chi connectivity index (χ4v) is 3.80. The van der Waals surface area contributed by atoms with Crippen LogP contribution in [0.3, 0.4) is 0 Å². The quantitative estimate of drug-likeness (QED) is 0.864. The first kappa shape index (κ1) is 19.8. The lowest BCUT2D eigenvalue weighted by Crippen LogP contribution is -2.55. The maximum atomic E-state index is 13.3. The van der Waals surface area contributed by atoms with Gasteiger partial charge in [-0.3, -0.25) is 4.90 Å². The Labute approximate surface area is 157 Å². The second-order valence-electron chi connectivity index (χ2n) is 7.03. The Morgan fingerprint density at radius 1 is 1.15 bits per heavy atom. The molecular weight excluding hydrogens is 358 g/mol. The van der Waals surface area contributed by atoms with Crippen LogP contribution >= 0.6 is 0 Å². The number of benzene rings is 1. The largest absolute Gasteiger partial charge is 0.487 e. The van der Waals surface area contributed by atoms with E-state index in [9.17, 15) is 18.7 Å². The number of rotatable bonds is 4. The average molecular weight is 384 g/mol. The number of carbonyl (C=O) groups is 1. The van der Waals surface area contributed by atoms with Crippen LogP contribution in [-0.2, 0) is 4.74 Å². The van der Waals surface area contributed by atoms with Gasteiger partial charge in [0.15, 0.2) is 0 Å². The number of carbonyl (C=O) groups excluding carboxylic acids is 1. The molecule has 0 saturated carbocycles. The minimum atomic E-state index is -0.742. The van der Waals surface area contributed by atoms with Crippen LogP contribution in [0.4, 0.5) is 13.6 Å². The van der Waals surface area contributed by atoms with Crippen molar-refractivity contribution in [2.75, 3.05) is 32.8 Å². The van der Waals surface area contributed by atoms with Gasteiger partial charge in [-0.05, 0) is 26.2 Å². The van der Waals surface area contributed by atoms with Crippen molar-refractivity contribution >= 4 is 6.09 Å². The van der Waals surface area contributed by atoms with Crippen molar-refractivity contribution in [2.24, 2.45) is 0 Å². The van der Waals surface area contributed by atoms with E-state index in [1.54, 1.807) is 11.8 Å². The average Bonchev–Trinajstić information content (AvgIpc) is 2.63. The van der Waals surface area contributed by atoms with E-state index in [-0.39, 0.29) is 17.9 Å². The first-order valence-electron chi connectivity index (χ1n) is 9.43. The summed E-state index contributed by atoms with van der Waals surface area (Å²) in [5, 5.41) is 10.4. The molecule has 0 aromatic heterocycles. The molecule has 0 radical (unpaired) electrons. The van der Waals surface area contributed by atoms with Crippen molar-refractivity contribution in [2.45, 2.75) is 44.4 Å². The second-order valence-corrected chi connectivity index (χ2v) is 7.03. The maximum Gasteiger partial charge on any atom is 0.409 e. The summed E-state index contributed by atoms with van der Waals surface area (Å²) in [5.74, 6) is -1.32. The molecular formula is C19H26F2N2O4. The van der Waals surface area contributed by atoms with E-state index < -0.39 is 23.8 Å². The van der Waals surface area contributed by atoms with E-state index in [1.807, 2.05) is 0 Å². The van der Waals surface area contributed by atoms with Gasteiger partial charge in [0.1, 0.15) is 29.6 Å². The van der Waals surface area contributed by atoms with Crippen LogP contribution in [0, 0.1) is 11.6 Å². The molecule has 8 heteroatoms. The number of nitrogens with zero attached hydrogens (tertiary/aromatic N) is 2. The number of hydrogen-bond donors (Lipinski definition) is 1. The third-order valence-electron chi connectivity index (χ3n) is 5.18. The molecule has 2 fully saturated rings. The SMILES string of the molecule is CCOC(=O)N1CCC(N2CC[C@@H](Oc3cc(F)cc(F)c3)[C@H](O)C2)CC1. The molecule has 0 unspecified atom stereocenters. The monoisotopic (exact) mass is 384 g/mol. The summed E-state index contributed by atoms with van der Waals surface area (Å²) in [6.45, 7) is 4.59. The number of ether oxygens (including phenoxy) is 2. The third-order valence-corrected chi connectivity index (χ3v) is 5.18. The van der Waals surface area contributed by atoms with E-state index in [0.29, 0.717) is 32.7 Å². The van der Waals surface area contributed by atoms with E-state index in [4.69, 9.17) is 9.47 Å². The molecule has 1 aromatic carbocycles. The first-order valence-corrected chi connectivity index (χ1v) is 9.43. The topological polar surface area (TPSA) is 62.2 Å². The van der Waals surface area contributed by atoms with Gasteiger partial charge in [0.05, 0.1) is 6.61 Å². The smallest absolute Gasteiger partial charge is 0.409 e. The number of aliphatic hydroxyl groups is 1. The van der Waals surface area contributed by atoms with Gasteiger partial charge in [-0.15, -0.1) is 0 Å². The van der Waals surface area contributed by atoms with Gasteiger partial charge in [-0.1, -0.05) is 0 Å². The van der Waals surface area contributed by atoms with E-state index in [0.717, 1.165) is 37.6 Å². The molecule has 0 spiro atoms. The predicted molar refractivity (Wildman–Crippen MR) is 94.6 cm³/mol. The Hall–Kier alpha value is -1.93. The summed E-state index contributed by atoms with van der Waals surface area (Å²) in [6.07, 6.45) is 0.705. The van der Waals surface area contributed by atoms with Crippen molar-refractivity contribution in [1.82, 2.24) is 9.80 Å². The van der Waals surface area contributed by atoms with Crippen LogP contribution in [-0.4, -0.2) is 72.0 Å². The minimum Gasteiger partial charge on any atom is -0.487 e. The minimum absolute atomic E-state index is 0.0905. The summed E-state index contributed by atoms with van der Waals surface area (Å²) >= 11 is 0. The van der Waals surface area contributed by atoms with Gasteiger partial charge in [0, 0.05) is 50.4 Å². The Kier molecular flexibility index (Phi) is 6.49. The van der Waals surface area contributed by atoms with Crippen LogP contribution in [0.25, 0.3) is 0 Å². The molecule has 1 aromatic rings. The highest BCUT2D eigenvalue weighted by Crippen LogP contribution is 2.25. The summed E-state index contributed by atoms with van der Waals surface area (Å²) in [7, 11) is 0. The highest BCUT2D eigenvalue weighted by atomic mass is 19.1. The van der Waals surface area contributed by atoms with E-state index >= 15 is 0 Å². The zero-order valence-electron chi connectivity index (χ0n) is 15.4. The normalized spacial score (nSPS) is 24.7. The number of likely N-dealkylation sites (tertiary alicyclic amines) is 2. The van der Waals surface area contributed by atoms with Gasteiger partial charge in [0.25, 0.3) is 0 Å². The zero-order chi connectivity index (χ0) is 19.4. The lowest BCUT2D eigenvalue weighted by Gasteiger charge is -2.43. The molecule has 2 heterocycles. The Balaban J connectivity index is 1.49. The van der Waals surface area contributed by atoms with Gasteiger partial charge < -0.3 is 19.5 Å². The molecule has 0 bridgehead atoms. The molecule has 2 saturated heterocycles. The third kappa shape index (κ3) is 5.07. The molecule has 2 aliphatic heterocycles. The standard InChI is InChI=1S/C19H26F2N2O4/c1-2-26-19(25)22-6-3-15(4-7-22)23-8-5-18(17(24)12-23)27-16-10-13(20)9-14(21)11-16/h9-11,15,17-18,24H,2-8,12H2,1H3/t17-,18-/m1/s1. The van der Waals surface area contributed by atoms with Crippen LogP contribution in [0.2, 0.25) is 0 Å². The van der Waals surface area contributed by atoms with Crippen molar-refractivity contribution in [3.05, 3.63) is 29.8 Å². The molecule has 27 heavy (non-hydrogen) atoms. The Bertz CT molecular complexity index is 632. The van der Waals surface area contributed by atoms with Crippen LogP contribution in [0.1, 0.15) is 26.2 Å². The second kappa shape index (κ2) is 8.84. The molecule has 150 valence electrons. The summed E-state index contributed by atoms with van der Waals surface area (Å²) in [6, 6.07) is 3.31. The Morgan fingerprint density at radius 3 is 2.41 bits per heavy atom. The van der Waals surface area contributed by atoms with Crippen molar-refractivity contribution in [3.8, 4) is 5.75 Å². The lowest BCUT2D eigenvalue weighted by molar-refractivity contribution is -0.0445. The molecule has 1 N–H and O–H groups in total. The van der Waals surface area contributed by atoms with Gasteiger partial charge in [0.2, 0.25) is 0 Å². The highest BCUT2D eigenvalue weighted by Gasteiger charge is 2.35. The predicted octanol–water partition coefficient (Wildman–Crippen LogP) is 2.40. The van der Waals surface area contributed by atoms with E-state index in [2.05, 4.69) is 4.90 Å². The molecule has 2 atom stereocenters. The molecule has 0 aliphatic carbocycles. The summed E-state index contributed by atoms with van der Waals surface area (Å²) in [4.78, 5) is 15.7. The first-order chi connectivity index (χ1) is 13.0. The number of β-amino-alcohol motifs (C(OH)–C–C–N with tert-alkyl or cyclic N) is 1. The zero-order valence-corrected chi connectivity index (χ0v) is 15.4. The van der Waals surface area contributed by atoms with Crippen molar-refractivity contribution in [3.63, 3.8) is 0 Å². The van der Waals surface area contributed by atoms with Crippen LogP contribution in [0.15, 0.2) is 18.2 Å². The van der Waals surface area contributed by atoms with Crippen LogP contribution < -0.4 is 4.74 Å². The van der Waals surface area contributed by atoms with Crippen molar-refractivity contribution in [1.29, 1.82) is 0 Å². The summed E-state index contributed by atoms with van der Waals surface area (Å²) in [5.41, 5.74) is 0. The lowest BCUT2D eigenvalue weighted by atomic mass is 9.97. The fraction of sp³-hybridized carbons (Fsp3) is 0.632. The molecule has 1 amide bonds. The Morgan fingerprint density at radius 2 is 1.81 bits per heavy atom. The van der Waals surface area contributed by atoms with Gasteiger partial charge >= 0.3 is 6.09 Å². The molecule has 3 rings (SSSR count). The van der Waals surface area contributed by atoms with Crippen LogP contribution in [0.5, 0.6) is 5.75 Å². The van der Waals surface area contributed by atoms with Crippen molar-refractivity contribution < 1.29 is 28.2 Å². The fourth-order valence-electron chi connectivity index (χ4n) is 3.80. The molecule has 2 aliphatic rings. The number of aliphatic hydroxyl groups excluding tert-OH is 1. The number of piperidine rings is 2. The van der Waals surface area contributed by atoms with Gasteiger partial charge in [-0.2, -0.15) is 0 Å². The number of amides is 1. The van der Waals surface area contributed by atoms with E-state index in [1.165, 1.54) is 0 Å². The maximum absolute atomic E-state index is 13.3. The molecule has 6 nitrogen and oxygen atoms in total. The summed E-state index contributed by atoms with van der Waals surface area (Å²) < 4.78 is 37.2. The highest BCUT2D eigenvalue weighted by molar-refractivity contribution is 5.67. The number of hydrogen-bond acceptors (Lipinski definition) is 5.